The molecule has 1 saturated carbocycles. The number of amides is 1. The van der Waals surface area contributed by atoms with Gasteiger partial charge in [0.15, 0.2) is 5.78 Å². The van der Waals surface area contributed by atoms with Crippen LogP contribution in [-0.4, -0.2) is 30.7 Å². The van der Waals surface area contributed by atoms with Crippen molar-refractivity contribution in [2.45, 2.75) is 66.2 Å². The lowest BCUT2D eigenvalue weighted by molar-refractivity contribution is -0.128. The minimum absolute atomic E-state index is 0.0177. The standard InChI is InChI=1S/C19H33N3O2/c1-14(2)9-11-20-13-18(23)16-5-7-17(8-6-16)19(24)22-21-12-10-15(3)4/h11-12,14-17H,5-10,13H2,1-4H3,(H,22,24)/b20-11?,21-12-. The quantitative estimate of drug-likeness (QED) is 0.516. The molecule has 0 saturated heterocycles. The number of hydrazone groups is 1. The number of nitrogens with zero attached hydrogens (tertiary/aromatic N) is 2. The highest BCUT2D eigenvalue weighted by Gasteiger charge is 2.29. The molecule has 0 aromatic rings. The summed E-state index contributed by atoms with van der Waals surface area (Å²) in [6, 6.07) is 0. The van der Waals surface area contributed by atoms with Crippen molar-refractivity contribution >= 4 is 24.1 Å². The molecule has 0 unspecified atom stereocenters. The summed E-state index contributed by atoms with van der Waals surface area (Å²) < 4.78 is 0. The molecule has 0 bridgehead atoms. The van der Waals surface area contributed by atoms with Crippen molar-refractivity contribution in [2.24, 2.45) is 33.8 Å². The molecule has 1 rings (SSSR count). The number of hydrogen-bond donors (Lipinski definition) is 1. The zero-order chi connectivity index (χ0) is 17.9. The Bertz CT molecular complexity index is 406. The molecule has 1 aliphatic rings. The predicted octanol–water partition coefficient (Wildman–Crippen LogP) is 3.63. The molecular weight excluding hydrogens is 302 g/mol. The van der Waals surface area contributed by atoms with Crippen LogP contribution >= 0.6 is 0 Å². The van der Waals surface area contributed by atoms with E-state index in [1.807, 2.05) is 6.21 Å². The van der Waals surface area contributed by atoms with Gasteiger partial charge in [-0.25, -0.2) is 5.43 Å². The lowest BCUT2D eigenvalue weighted by Crippen LogP contribution is -2.32. The first-order chi connectivity index (χ1) is 11.4. The Kier molecular flexibility index (Phi) is 9.50. The zero-order valence-corrected chi connectivity index (χ0v) is 15.6. The lowest BCUT2D eigenvalue weighted by Gasteiger charge is -2.25. The topological polar surface area (TPSA) is 70.9 Å². The molecule has 0 aliphatic heterocycles. The van der Waals surface area contributed by atoms with E-state index in [0.29, 0.717) is 11.8 Å². The van der Waals surface area contributed by atoms with Crippen LogP contribution in [0.4, 0.5) is 0 Å². The van der Waals surface area contributed by atoms with Gasteiger partial charge in [0, 0.05) is 18.1 Å². The van der Waals surface area contributed by atoms with Gasteiger partial charge in [0.25, 0.3) is 0 Å². The maximum absolute atomic E-state index is 12.2. The largest absolute Gasteiger partial charge is 0.297 e. The minimum Gasteiger partial charge on any atom is -0.297 e. The second-order valence-electron chi connectivity index (χ2n) is 7.58. The zero-order valence-electron chi connectivity index (χ0n) is 15.6. The van der Waals surface area contributed by atoms with Gasteiger partial charge in [-0.3, -0.25) is 14.6 Å². The third kappa shape index (κ3) is 8.37. The summed E-state index contributed by atoms with van der Waals surface area (Å²) in [4.78, 5) is 28.4. The number of hydrogen-bond acceptors (Lipinski definition) is 4. The molecule has 0 aromatic carbocycles. The number of nitrogens with one attached hydrogen (secondary N) is 1. The Hall–Kier alpha value is -1.52. The Morgan fingerprint density at radius 2 is 1.50 bits per heavy atom. The molecule has 1 amide bonds. The highest BCUT2D eigenvalue weighted by molar-refractivity contribution is 5.85. The SMILES string of the molecule is CC(C)CC=NCC(=O)C1CCC(C(=O)N/N=C\CC(C)C)CC1. The summed E-state index contributed by atoms with van der Waals surface area (Å²) in [7, 11) is 0. The van der Waals surface area contributed by atoms with E-state index in [1.165, 1.54) is 0 Å². The van der Waals surface area contributed by atoms with Crippen molar-refractivity contribution < 1.29 is 9.59 Å². The Balaban J connectivity index is 2.27. The van der Waals surface area contributed by atoms with Crippen LogP contribution in [0.2, 0.25) is 0 Å². The van der Waals surface area contributed by atoms with E-state index in [0.717, 1.165) is 38.5 Å². The number of Topliss-reactive ketones (excluding diaryl/α,β-unsaturated/α-hetero) is 1. The van der Waals surface area contributed by atoms with Gasteiger partial charge < -0.3 is 0 Å². The molecule has 0 radical (unpaired) electrons. The first-order valence-corrected chi connectivity index (χ1v) is 9.22. The third-order valence-corrected chi connectivity index (χ3v) is 4.35. The van der Waals surface area contributed by atoms with Crippen LogP contribution in [0.5, 0.6) is 0 Å². The summed E-state index contributed by atoms with van der Waals surface area (Å²) in [5, 5.41) is 3.99. The lowest BCUT2D eigenvalue weighted by atomic mass is 9.79. The van der Waals surface area contributed by atoms with Gasteiger partial charge in [-0.1, -0.05) is 27.7 Å². The summed E-state index contributed by atoms with van der Waals surface area (Å²) >= 11 is 0. The van der Waals surface area contributed by atoms with Gasteiger partial charge in [-0.2, -0.15) is 5.10 Å². The van der Waals surface area contributed by atoms with Crippen LogP contribution in [0.3, 0.4) is 0 Å². The molecule has 136 valence electrons. The van der Waals surface area contributed by atoms with Crippen molar-refractivity contribution in [1.29, 1.82) is 0 Å². The van der Waals surface area contributed by atoms with Crippen LogP contribution in [0, 0.1) is 23.7 Å². The molecule has 0 heterocycles. The van der Waals surface area contributed by atoms with Crippen LogP contribution in [0.25, 0.3) is 0 Å². The van der Waals surface area contributed by atoms with Gasteiger partial charge in [0.1, 0.15) is 0 Å². The third-order valence-electron chi connectivity index (χ3n) is 4.35. The number of ketones is 1. The summed E-state index contributed by atoms with van der Waals surface area (Å²) in [5.74, 6) is 1.35. The molecule has 5 heteroatoms. The van der Waals surface area contributed by atoms with Crippen molar-refractivity contribution in [2.75, 3.05) is 6.54 Å². The number of carbonyl (C=O) groups is 2. The fourth-order valence-electron chi connectivity index (χ4n) is 2.71. The van der Waals surface area contributed by atoms with E-state index >= 15 is 0 Å². The molecule has 0 atom stereocenters. The van der Waals surface area contributed by atoms with E-state index in [4.69, 9.17) is 0 Å². The molecule has 0 aromatic heterocycles. The van der Waals surface area contributed by atoms with Gasteiger partial charge in [0.05, 0.1) is 6.54 Å². The van der Waals surface area contributed by atoms with Crippen molar-refractivity contribution in [3.63, 3.8) is 0 Å². The van der Waals surface area contributed by atoms with Gasteiger partial charge in [0.2, 0.25) is 5.91 Å². The average Bonchev–Trinajstić information content (AvgIpc) is 2.55. The van der Waals surface area contributed by atoms with Crippen LogP contribution in [0.1, 0.15) is 66.2 Å². The number of carbonyl (C=O) groups excluding carboxylic acids is 2. The highest BCUT2D eigenvalue weighted by Crippen LogP contribution is 2.29. The molecule has 1 N–H and O–H groups in total. The number of rotatable bonds is 9. The van der Waals surface area contributed by atoms with E-state index in [2.05, 4.69) is 43.2 Å². The first kappa shape index (κ1) is 20.5. The van der Waals surface area contributed by atoms with Gasteiger partial charge in [-0.15, -0.1) is 0 Å². The van der Waals surface area contributed by atoms with Crippen molar-refractivity contribution in [3.8, 4) is 0 Å². The number of aliphatic imine (C=N–C) groups is 1. The van der Waals surface area contributed by atoms with Crippen LogP contribution < -0.4 is 5.43 Å². The molecule has 5 nitrogen and oxygen atoms in total. The molecular formula is C19H33N3O2. The monoisotopic (exact) mass is 335 g/mol. The van der Waals surface area contributed by atoms with Crippen molar-refractivity contribution in [1.82, 2.24) is 5.43 Å². The predicted molar refractivity (Wildman–Crippen MR) is 99.4 cm³/mol. The maximum atomic E-state index is 12.2. The Morgan fingerprint density at radius 1 is 0.958 bits per heavy atom. The second kappa shape index (κ2) is 11.1. The van der Waals surface area contributed by atoms with E-state index < -0.39 is 0 Å². The summed E-state index contributed by atoms with van der Waals surface area (Å²) in [5.41, 5.74) is 2.63. The van der Waals surface area contributed by atoms with Gasteiger partial charge >= 0.3 is 0 Å². The second-order valence-corrected chi connectivity index (χ2v) is 7.58. The highest BCUT2D eigenvalue weighted by atomic mass is 16.2. The molecule has 1 aliphatic carbocycles. The Labute approximate surface area is 146 Å². The van der Waals surface area contributed by atoms with Crippen LogP contribution in [-0.2, 0) is 9.59 Å². The maximum Gasteiger partial charge on any atom is 0.243 e. The summed E-state index contributed by atoms with van der Waals surface area (Å²) in [6.07, 6.45) is 8.48. The smallest absolute Gasteiger partial charge is 0.243 e. The fraction of sp³-hybridized carbons (Fsp3) is 0.789. The van der Waals surface area contributed by atoms with Gasteiger partial charge in [-0.05, 0) is 56.6 Å². The van der Waals surface area contributed by atoms with E-state index in [9.17, 15) is 9.59 Å². The summed E-state index contributed by atoms with van der Waals surface area (Å²) in [6.45, 7) is 8.77. The van der Waals surface area contributed by atoms with E-state index in [1.54, 1.807) is 6.21 Å². The van der Waals surface area contributed by atoms with Crippen molar-refractivity contribution in [3.05, 3.63) is 0 Å². The average molecular weight is 335 g/mol. The minimum atomic E-state index is -0.0188. The van der Waals surface area contributed by atoms with E-state index in [-0.39, 0.29) is 30.1 Å². The molecule has 1 fully saturated rings. The molecule has 24 heavy (non-hydrogen) atoms. The fourth-order valence-corrected chi connectivity index (χ4v) is 2.71. The first-order valence-electron chi connectivity index (χ1n) is 9.22. The Morgan fingerprint density at radius 3 is 2.08 bits per heavy atom. The molecule has 0 spiro atoms. The normalized spacial score (nSPS) is 21.9. The van der Waals surface area contributed by atoms with Crippen LogP contribution in [0.15, 0.2) is 10.1 Å².